The van der Waals surface area contributed by atoms with E-state index < -0.39 is 54.2 Å². The quantitative estimate of drug-likeness (QED) is 0.261. The third-order valence-corrected chi connectivity index (χ3v) is 5.24. The molecule has 5 atom stereocenters. The lowest BCUT2D eigenvalue weighted by molar-refractivity contribution is -0.277. The minimum absolute atomic E-state index is 0.0209. The van der Waals surface area contributed by atoms with Gasteiger partial charge in [0.1, 0.15) is 30.7 Å². The normalized spacial score (nSPS) is 25.7. The summed E-state index contributed by atoms with van der Waals surface area (Å²) in [5.41, 5.74) is -0.425. The fraction of sp³-hybridized carbons (Fsp3) is 0.286. The Labute approximate surface area is 179 Å². The van der Waals surface area contributed by atoms with E-state index in [0.29, 0.717) is 0 Å². The van der Waals surface area contributed by atoms with E-state index >= 15 is 0 Å². The van der Waals surface area contributed by atoms with Gasteiger partial charge in [0.15, 0.2) is 22.8 Å². The molecular weight excluding hydrogens is 428 g/mol. The standard InChI is InChI=1S/C21H20O11/c22-6-14-16(27)17(28)18(29)21(31-14)32-20-12(24)4-2-9-15(26)10(7-30-19(9)20)8-1-3-11(23)13(25)5-8/h1-5,7,14,16-18,21-25,27-29H,6H2/t14-,16-,17+,18-,21+/m1/s1. The van der Waals surface area contributed by atoms with Crippen LogP contribution in [0.25, 0.3) is 22.1 Å². The molecule has 1 aromatic heterocycles. The highest BCUT2D eigenvalue weighted by molar-refractivity contribution is 5.88. The van der Waals surface area contributed by atoms with Crippen molar-refractivity contribution in [1.82, 2.24) is 0 Å². The van der Waals surface area contributed by atoms with Crippen molar-refractivity contribution in [2.45, 2.75) is 30.7 Å². The summed E-state index contributed by atoms with van der Waals surface area (Å²) in [4.78, 5) is 13.0. The van der Waals surface area contributed by atoms with Crippen molar-refractivity contribution in [3.63, 3.8) is 0 Å². The molecule has 0 saturated carbocycles. The number of benzene rings is 2. The number of phenolic OH excluding ortho intramolecular Hbond substituents is 3. The van der Waals surface area contributed by atoms with Crippen LogP contribution >= 0.6 is 0 Å². The Hall–Kier alpha value is -3.35. The van der Waals surface area contributed by atoms with Gasteiger partial charge < -0.3 is 49.6 Å². The average Bonchev–Trinajstić information content (AvgIpc) is 2.78. The van der Waals surface area contributed by atoms with Crippen LogP contribution in [0.15, 0.2) is 45.8 Å². The van der Waals surface area contributed by atoms with Crippen LogP contribution in [0.3, 0.4) is 0 Å². The molecule has 0 aliphatic carbocycles. The molecule has 170 valence electrons. The van der Waals surface area contributed by atoms with Gasteiger partial charge in [-0.25, -0.2) is 0 Å². The zero-order valence-corrected chi connectivity index (χ0v) is 16.3. The molecule has 1 fully saturated rings. The van der Waals surface area contributed by atoms with E-state index in [0.717, 1.165) is 12.3 Å². The Kier molecular flexibility index (Phi) is 5.67. The van der Waals surface area contributed by atoms with Crippen LogP contribution in [0, 0.1) is 0 Å². The number of hydrogen-bond donors (Lipinski definition) is 7. The molecule has 11 heteroatoms. The average molecular weight is 448 g/mol. The number of aliphatic hydroxyl groups excluding tert-OH is 4. The number of rotatable bonds is 4. The maximum atomic E-state index is 13.0. The minimum Gasteiger partial charge on any atom is -0.504 e. The lowest BCUT2D eigenvalue weighted by Gasteiger charge is -2.39. The summed E-state index contributed by atoms with van der Waals surface area (Å²) in [5, 5.41) is 68.7. The van der Waals surface area contributed by atoms with E-state index in [1.54, 1.807) is 0 Å². The third-order valence-electron chi connectivity index (χ3n) is 5.24. The molecule has 0 radical (unpaired) electrons. The second-order valence-electron chi connectivity index (χ2n) is 7.29. The van der Waals surface area contributed by atoms with Gasteiger partial charge in [0.25, 0.3) is 0 Å². The highest BCUT2D eigenvalue weighted by atomic mass is 16.7. The second-order valence-corrected chi connectivity index (χ2v) is 7.29. The van der Waals surface area contributed by atoms with E-state index in [1.165, 1.54) is 24.3 Å². The minimum atomic E-state index is -1.74. The molecule has 3 aromatic rings. The van der Waals surface area contributed by atoms with E-state index in [1.807, 2.05) is 0 Å². The summed E-state index contributed by atoms with van der Waals surface area (Å²) in [7, 11) is 0. The van der Waals surface area contributed by atoms with Gasteiger partial charge in [-0.3, -0.25) is 4.79 Å². The van der Waals surface area contributed by atoms with Gasteiger partial charge >= 0.3 is 0 Å². The molecule has 2 heterocycles. The zero-order chi connectivity index (χ0) is 23.2. The van der Waals surface area contributed by atoms with Crippen LogP contribution in [0.4, 0.5) is 0 Å². The van der Waals surface area contributed by atoms with Crippen LogP contribution in [-0.4, -0.2) is 73.1 Å². The topological polar surface area (TPSA) is 190 Å². The predicted octanol–water partition coefficient (Wildman–Crippen LogP) is -0.245. The number of hydrogen-bond acceptors (Lipinski definition) is 11. The molecule has 7 N–H and O–H groups in total. The number of aromatic hydroxyl groups is 3. The molecule has 2 aromatic carbocycles. The van der Waals surface area contributed by atoms with Crippen molar-refractivity contribution in [3.05, 3.63) is 46.8 Å². The first-order chi connectivity index (χ1) is 15.2. The predicted molar refractivity (Wildman–Crippen MR) is 107 cm³/mol. The van der Waals surface area contributed by atoms with Crippen molar-refractivity contribution >= 4 is 11.0 Å². The molecule has 1 aliphatic heterocycles. The highest BCUT2D eigenvalue weighted by Gasteiger charge is 2.45. The monoisotopic (exact) mass is 448 g/mol. The van der Waals surface area contributed by atoms with Gasteiger partial charge in [0.2, 0.25) is 17.5 Å². The maximum absolute atomic E-state index is 13.0. The van der Waals surface area contributed by atoms with Gasteiger partial charge in [-0.15, -0.1) is 0 Å². The Balaban J connectivity index is 1.76. The Morgan fingerprint density at radius 2 is 1.62 bits per heavy atom. The fourth-order valence-corrected chi connectivity index (χ4v) is 3.45. The van der Waals surface area contributed by atoms with Crippen LogP contribution in [0.2, 0.25) is 0 Å². The number of phenols is 3. The lowest BCUT2D eigenvalue weighted by atomic mass is 9.99. The molecule has 0 amide bonds. The molecule has 4 rings (SSSR count). The molecule has 32 heavy (non-hydrogen) atoms. The molecule has 0 unspecified atom stereocenters. The lowest BCUT2D eigenvalue weighted by Crippen LogP contribution is -2.60. The Morgan fingerprint density at radius 1 is 0.906 bits per heavy atom. The molecular formula is C21H20O11. The van der Waals surface area contributed by atoms with E-state index in [2.05, 4.69) is 0 Å². The second kappa shape index (κ2) is 8.30. The summed E-state index contributed by atoms with van der Waals surface area (Å²) < 4.78 is 16.3. The fourth-order valence-electron chi connectivity index (χ4n) is 3.45. The smallest absolute Gasteiger partial charge is 0.229 e. The first-order valence-corrected chi connectivity index (χ1v) is 9.50. The van der Waals surface area contributed by atoms with E-state index in [9.17, 15) is 40.5 Å². The van der Waals surface area contributed by atoms with Gasteiger partial charge in [-0.2, -0.15) is 0 Å². The van der Waals surface area contributed by atoms with Gasteiger partial charge in [0, 0.05) is 0 Å². The van der Waals surface area contributed by atoms with Gasteiger partial charge in [-0.1, -0.05) is 6.07 Å². The van der Waals surface area contributed by atoms with E-state index in [4.69, 9.17) is 13.9 Å². The maximum Gasteiger partial charge on any atom is 0.229 e. The summed E-state index contributed by atoms with van der Waals surface area (Å²) in [6.45, 7) is -0.676. The van der Waals surface area contributed by atoms with Crippen molar-refractivity contribution in [1.29, 1.82) is 0 Å². The molecule has 0 bridgehead atoms. The SMILES string of the molecule is O=c1c(-c2ccc(O)c(O)c2)coc2c(O[C@@H]3O[C@H](CO)[C@@H](O)[C@H](O)[C@H]3O)c(O)ccc12. The summed E-state index contributed by atoms with van der Waals surface area (Å²) in [5.74, 6) is -1.63. The van der Waals surface area contributed by atoms with Crippen molar-refractivity contribution < 1.29 is 49.6 Å². The van der Waals surface area contributed by atoms with Crippen LogP contribution in [-0.2, 0) is 4.74 Å². The first-order valence-electron chi connectivity index (χ1n) is 9.50. The molecule has 0 spiro atoms. The Bertz CT molecular complexity index is 1200. The van der Waals surface area contributed by atoms with Crippen LogP contribution in [0.1, 0.15) is 0 Å². The van der Waals surface area contributed by atoms with E-state index in [-0.39, 0.29) is 33.6 Å². The first kappa shape index (κ1) is 21.9. The highest BCUT2D eigenvalue weighted by Crippen LogP contribution is 2.37. The van der Waals surface area contributed by atoms with Crippen molar-refractivity contribution in [2.75, 3.05) is 6.61 Å². The van der Waals surface area contributed by atoms with Crippen LogP contribution in [0.5, 0.6) is 23.0 Å². The third kappa shape index (κ3) is 3.61. The zero-order valence-electron chi connectivity index (χ0n) is 16.3. The number of aliphatic hydroxyl groups is 4. The number of fused-ring (bicyclic) bond motifs is 1. The summed E-state index contributed by atoms with van der Waals surface area (Å²) >= 11 is 0. The molecule has 11 nitrogen and oxygen atoms in total. The molecule has 1 saturated heterocycles. The van der Waals surface area contributed by atoms with Gasteiger partial charge in [0.05, 0.1) is 17.6 Å². The number of ether oxygens (including phenoxy) is 2. The summed E-state index contributed by atoms with van der Waals surface area (Å²) in [6, 6.07) is 6.22. The molecule has 1 aliphatic rings. The van der Waals surface area contributed by atoms with Crippen LogP contribution < -0.4 is 10.2 Å². The largest absolute Gasteiger partial charge is 0.504 e. The van der Waals surface area contributed by atoms with Crippen molar-refractivity contribution in [2.24, 2.45) is 0 Å². The van der Waals surface area contributed by atoms with Gasteiger partial charge in [-0.05, 0) is 29.8 Å². The summed E-state index contributed by atoms with van der Waals surface area (Å²) in [6.07, 6.45) is -6.83. The van der Waals surface area contributed by atoms with Crippen molar-refractivity contribution in [3.8, 4) is 34.1 Å². The Morgan fingerprint density at radius 3 is 2.31 bits per heavy atom.